The van der Waals surface area contributed by atoms with E-state index in [-0.39, 0.29) is 16.6 Å². The zero-order valence-electron chi connectivity index (χ0n) is 14.4. The minimum Gasteiger partial charge on any atom is -0.372 e. The molecule has 3 aromatic rings. The van der Waals surface area contributed by atoms with Gasteiger partial charge in [0.1, 0.15) is 10.7 Å². The molecule has 1 heterocycles. The van der Waals surface area contributed by atoms with Crippen LogP contribution in [0.25, 0.3) is 22.5 Å². The number of nitro groups is 1. The number of benzene rings is 2. The second kappa shape index (κ2) is 7.77. The molecule has 0 bridgehead atoms. The van der Waals surface area contributed by atoms with Crippen molar-refractivity contribution in [2.45, 2.75) is 0 Å². The third-order valence-corrected chi connectivity index (χ3v) is 4.32. The van der Waals surface area contributed by atoms with Crippen LogP contribution in [0.15, 0.2) is 47.0 Å². The van der Waals surface area contributed by atoms with Gasteiger partial charge in [0.05, 0.1) is 9.95 Å². The molecule has 0 aliphatic rings. The summed E-state index contributed by atoms with van der Waals surface area (Å²) in [4.78, 5) is 16.8. The lowest BCUT2D eigenvalue weighted by Crippen LogP contribution is -2.10. The number of halogens is 2. The van der Waals surface area contributed by atoms with Gasteiger partial charge in [-0.3, -0.25) is 10.1 Å². The van der Waals surface area contributed by atoms with Crippen LogP contribution in [-0.2, 0) is 0 Å². The Bertz CT molecular complexity index is 1030. The maximum Gasteiger partial charge on any atom is 0.293 e. The summed E-state index contributed by atoms with van der Waals surface area (Å²) in [6.45, 7) is 0. The molecule has 0 spiro atoms. The van der Waals surface area contributed by atoms with E-state index in [4.69, 9.17) is 27.7 Å². The summed E-state index contributed by atoms with van der Waals surface area (Å²) in [5.41, 5.74) is 1.62. The van der Waals surface area contributed by atoms with Crippen molar-refractivity contribution in [3.05, 3.63) is 69.1 Å². The average Bonchev–Trinajstić information content (AvgIpc) is 3.11. The van der Waals surface area contributed by atoms with E-state index < -0.39 is 4.92 Å². The molecule has 0 aliphatic heterocycles. The number of anilines is 1. The summed E-state index contributed by atoms with van der Waals surface area (Å²) in [6, 6.07) is 11.9. The normalized spacial score (nSPS) is 11.5. The van der Waals surface area contributed by atoms with Crippen LogP contribution in [0.4, 0.5) is 11.4 Å². The molecular formula is C18H14Cl2N4O3. The highest BCUT2D eigenvalue weighted by Gasteiger charge is 2.17. The number of nitrogens with zero attached hydrogens (tertiary/aromatic N) is 4. The van der Waals surface area contributed by atoms with E-state index in [1.54, 1.807) is 55.4 Å². The van der Waals surface area contributed by atoms with Crippen LogP contribution in [0.3, 0.4) is 0 Å². The molecule has 0 saturated heterocycles. The fraction of sp³-hybridized carbons (Fsp3) is 0.111. The highest BCUT2D eigenvalue weighted by molar-refractivity contribution is 6.50. The first-order valence-corrected chi connectivity index (χ1v) is 8.54. The van der Waals surface area contributed by atoms with Crippen molar-refractivity contribution in [3.63, 3.8) is 0 Å². The maximum atomic E-state index is 11.3. The first-order valence-electron chi connectivity index (χ1n) is 7.79. The Morgan fingerprint density at radius 3 is 2.67 bits per heavy atom. The van der Waals surface area contributed by atoms with Crippen LogP contribution in [0.5, 0.6) is 0 Å². The van der Waals surface area contributed by atoms with E-state index >= 15 is 0 Å². The second-order valence-electron chi connectivity index (χ2n) is 5.79. The molecular weight excluding hydrogens is 391 g/mol. The Hall–Kier alpha value is -2.90. The predicted molar refractivity (Wildman–Crippen MR) is 106 cm³/mol. The van der Waals surface area contributed by atoms with E-state index in [0.29, 0.717) is 27.7 Å². The number of aromatic nitrogens is 2. The van der Waals surface area contributed by atoms with Gasteiger partial charge < -0.3 is 9.42 Å². The summed E-state index contributed by atoms with van der Waals surface area (Å²) < 4.78 is 5.19. The van der Waals surface area contributed by atoms with Gasteiger partial charge >= 0.3 is 0 Å². The van der Waals surface area contributed by atoms with Gasteiger partial charge in [-0.15, -0.1) is 0 Å². The lowest BCUT2D eigenvalue weighted by Gasteiger charge is -2.12. The maximum absolute atomic E-state index is 11.3. The number of hydrogen-bond acceptors (Lipinski definition) is 6. The first-order chi connectivity index (χ1) is 12.9. The van der Waals surface area contributed by atoms with Crippen molar-refractivity contribution < 1.29 is 9.45 Å². The van der Waals surface area contributed by atoms with E-state index in [1.165, 1.54) is 12.1 Å². The third-order valence-electron chi connectivity index (χ3n) is 3.72. The van der Waals surface area contributed by atoms with Gasteiger partial charge in [-0.05, 0) is 29.8 Å². The molecule has 138 valence electrons. The van der Waals surface area contributed by atoms with Crippen molar-refractivity contribution in [3.8, 4) is 11.4 Å². The van der Waals surface area contributed by atoms with E-state index in [2.05, 4.69) is 10.1 Å². The van der Waals surface area contributed by atoms with Crippen LogP contribution < -0.4 is 4.90 Å². The number of nitro benzene ring substituents is 1. The molecule has 0 N–H and O–H groups in total. The summed E-state index contributed by atoms with van der Waals surface area (Å²) in [6.07, 6.45) is 1.53. The van der Waals surface area contributed by atoms with Crippen LogP contribution in [0, 0.1) is 10.1 Å². The summed E-state index contributed by atoms with van der Waals surface area (Å²) in [5.74, 6) is 0.391. The van der Waals surface area contributed by atoms with E-state index in [1.807, 2.05) is 0 Å². The van der Waals surface area contributed by atoms with E-state index in [9.17, 15) is 10.1 Å². The molecule has 0 amide bonds. The lowest BCUT2D eigenvalue weighted by atomic mass is 10.1. The monoisotopic (exact) mass is 404 g/mol. The minimum absolute atomic E-state index is 0.0273. The van der Waals surface area contributed by atoms with Crippen LogP contribution in [0.2, 0.25) is 5.02 Å². The molecule has 0 unspecified atom stereocenters. The van der Waals surface area contributed by atoms with Crippen LogP contribution in [-0.4, -0.2) is 29.2 Å². The molecule has 27 heavy (non-hydrogen) atoms. The molecule has 7 nitrogen and oxygen atoms in total. The zero-order chi connectivity index (χ0) is 19.6. The van der Waals surface area contributed by atoms with Gasteiger partial charge in [0.15, 0.2) is 0 Å². The molecule has 0 saturated carbocycles. The number of hydrogen-bond donors (Lipinski definition) is 0. The fourth-order valence-electron chi connectivity index (χ4n) is 2.44. The zero-order valence-corrected chi connectivity index (χ0v) is 15.9. The molecule has 9 heteroatoms. The number of rotatable bonds is 5. The fourth-order valence-corrected chi connectivity index (χ4v) is 2.86. The molecule has 2 aromatic carbocycles. The van der Waals surface area contributed by atoms with Crippen molar-refractivity contribution in [2.24, 2.45) is 0 Å². The Morgan fingerprint density at radius 1 is 1.26 bits per heavy atom. The van der Waals surface area contributed by atoms with Crippen molar-refractivity contribution in [1.82, 2.24) is 10.1 Å². The summed E-state index contributed by atoms with van der Waals surface area (Å²) in [7, 11) is 3.47. The Labute approximate surface area is 165 Å². The largest absolute Gasteiger partial charge is 0.372 e. The van der Waals surface area contributed by atoms with Crippen molar-refractivity contribution in [1.29, 1.82) is 0 Å². The van der Waals surface area contributed by atoms with Crippen LogP contribution in [0.1, 0.15) is 11.5 Å². The smallest absolute Gasteiger partial charge is 0.293 e. The van der Waals surface area contributed by atoms with Crippen molar-refractivity contribution in [2.75, 3.05) is 19.0 Å². The summed E-state index contributed by atoms with van der Waals surface area (Å²) in [5, 5.41) is 15.8. The Kier molecular flexibility index (Phi) is 5.43. The molecule has 1 aromatic heterocycles. The first kappa shape index (κ1) is 18.9. The highest BCUT2D eigenvalue weighted by atomic mass is 35.5. The SMILES string of the molecule is CN(C)c1ccc(/C=C(\Cl)c2nc(-c3ccccc3Cl)no2)cc1[N+](=O)[O-]. The Balaban J connectivity index is 1.94. The van der Waals surface area contributed by atoms with Gasteiger partial charge in [0.25, 0.3) is 11.6 Å². The third kappa shape index (κ3) is 4.10. The Morgan fingerprint density at radius 2 is 2.00 bits per heavy atom. The van der Waals surface area contributed by atoms with Gasteiger partial charge in [-0.1, -0.05) is 46.6 Å². The van der Waals surface area contributed by atoms with Gasteiger partial charge in [0, 0.05) is 25.7 Å². The highest BCUT2D eigenvalue weighted by Crippen LogP contribution is 2.31. The van der Waals surface area contributed by atoms with Gasteiger partial charge in [-0.25, -0.2) is 0 Å². The van der Waals surface area contributed by atoms with Gasteiger partial charge in [-0.2, -0.15) is 4.98 Å². The molecule has 0 aliphatic carbocycles. The van der Waals surface area contributed by atoms with E-state index in [0.717, 1.165) is 0 Å². The standard InChI is InChI=1S/C18H14Cl2N4O3/c1-23(2)15-8-7-11(10-16(15)24(25)26)9-14(20)18-21-17(22-27-18)12-5-3-4-6-13(12)19/h3-10H,1-2H3/b14-9-. The second-order valence-corrected chi connectivity index (χ2v) is 6.61. The molecule has 3 rings (SSSR count). The molecule has 0 radical (unpaired) electrons. The van der Waals surface area contributed by atoms with Gasteiger partial charge in [0.2, 0.25) is 5.82 Å². The minimum atomic E-state index is -0.442. The molecule has 0 fully saturated rings. The predicted octanol–water partition coefficient (Wildman–Crippen LogP) is 5.10. The topological polar surface area (TPSA) is 85.3 Å². The average molecular weight is 405 g/mol. The molecule has 0 atom stereocenters. The quantitative estimate of drug-likeness (QED) is 0.434. The van der Waals surface area contributed by atoms with Crippen LogP contribution >= 0.6 is 23.2 Å². The summed E-state index contributed by atoms with van der Waals surface area (Å²) >= 11 is 12.4. The van der Waals surface area contributed by atoms with Crippen molar-refractivity contribution >= 4 is 45.7 Å². The lowest BCUT2D eigenvalue weighted by molar-refractivity contribution is -0.384.